The lowest BCUT2D eigenvalue weighted by Crippen LogP contribution is -2.32. The Morgan fingerprint density at radius 3 is 1.95 bits per heavy atom. The Morgan fingerprint density at radius 1 is 0.947 bits per heavy atom. The maximum atomic E-state index is 12.5. The van der Waals surface area contributed by atoms with Crippen LogP contribution < -0.4 is 5.32 Å². The molecule has 0 amide bonds. The number of rotatable bonds is 2. The van der Waals surface area contributed by atoms with Crippen molar-refractivity contribution in [2.45, 2.75) is 37.9 Å². The van der Waals surface area contributed by atoms with Gasteiger partial charge in [-0.25, -0.2) is 0 Å². The number of nitrogens with one attached hydrogen (secondary N) is 1. The van der Waals surface area contributed by atoms with Crippen LogP contribution in [0.4, 0.5) is 18.9 Å². The summed E-state index contributed by atoms with van der Waals surface area (Å²) in [5, 5.41) is 4.22. The van der Waals surface area contributed by atoms with Crippen LogP contribution in [0.5, 0.6) is 0 Å². The summed E-state index contributed by atoms with van der Waals surface area (Å²) in [6, 6.07) is 5.12. The van der Waals surface area contributed by atoms with Crippen LogP contribution in [0, 0.1) is 5.92 Å². The molecule has 0 spiro atoms. The number of hydrogen-bond acceptors (Lipinski definition) is 1. The van der Waals surface area contributed by atoms with Crippen molar-refractivity contribution < 1.29 is 13.2 Å². The van der Waals surface area contributed by atoms with Crippen LogP contribution in [0.2, 0.25) is 10.0 Å². The first-order valence-electron chi connectivity index (χ1n) is 6.14. The molecule has 0 atom stereocenters. The summed E-state index contributed by atoms with van der Waals surface area (Å²) in [6.07, 6.45) is -2.70. The highest BCUT2D eigenvalue weighted by Crippen LogP contribution is 2.38. The predicted molar refractivity (Wildman–Crippen MR) is 71.9 cm³/mol. The van der Waals surface area contributed by atoms with E-state index in [2.05, 4.69) is 5.32 Å². The normalized spacial score (nSPS) is 24.3. The van der Waals surface area contributed by atoms with Gasteiger partial charge in [0.15, 0.2) is 0 Å². The Kier molecular flexibility index (Phi) is 4.51. The van der Waals surface area contributed by atoms with Gasteiger partial charge in [-0.1, -0.05) is 23.2 Å². The molecule has 1 saturated carbocycles. The van der Waals surface area contributed by atoms with E-state index in [1.807, 2.05) is 0 Å². The molecule has 0 saturated heterocycles. The van der Waals surface area contributed by atoms with Gasteiger partial charge >= 0.3 is 6.18 Å². The maximum absolute atomic E-state index is 12.5. The minimum Gasteiger partial charge on any atom is -0.382 e. The zero-order chi connectivity index (χ0) is 14.0. The van der Waals surface area contributed by atoms with Gasteiger partial charge in [0, 0.05) is 21.8 Å². The van der Waals surface area contributed by atoms with Gasteiger partial charge < -0.3 is 5.32 Å². The summed E-state index contributed by atoms with van der Waals surface area (Å²) >= 11 is 11.8. The smallest absolute Gasteiger partial charge is 0.382 e. The lowest BCUT2D eigenvalue weighted by atomic mass is 9.85. The molecule has 1 aliphatic carbocycles. The van der Waals surface area contributed by atoms with Gasteiger partial charge in [0.1, 0.15) is 0 Å². The molecule has 19 heavy (non-hydrogen) atoms. The molecule has 6 heteroatoms. The number of alkyl halides is 3. The Hall–Kier alpha value is -0.610. The van der Waals surface area contributed by atoms with Gasteiger partial charge in [-0.3, -0.25) is 0 Å². The molecular weight excluding hydrogens is 298 g/mol. The van der Waals surface area contributed by atoms with E-state index in [0.717, 1.165) is 5.69 Å². The largest absolute Gasteiger partial charge is 0.391 e. The average Bonchev–Trinajstić information content (AvgIpc) is 2.26. The first kappa shape index (κ1) is 14.8. The fourth-order valence-electron chi connectivity index (χ4n) is 2.44. The minimum absolute atomic E-state index is 0.0492. The molecule has 106 valence electrons. The van der Waals surface area contributed by atoms with Gasteiger partial charge in [-0.15, -0.1) is 0 Å². The molecule has 1 aliphatic rings. The van der Waals surface area contributed by atoms with E-state index in [0.29, 0.717) is 22.9 Å². The summed E-state index contributed by atoms with van der Waals surface area (Å²) in [6.45, 7) is 0. The Morgan fingerprint density at radius 2 is 1.47 bits per heavy atom. The Bertz CT molecular complexity index is 420. The number of halogens is 5. The summed E-state index contributed by atoms with van der Waals surface area (Å²) < 4.78 is 37.6. The third-order valence-electron chi connectivity index (χ3n) is 3.42. The van der Waals surface area contributed by atoms with Crippen LogP contribution in [-0.4, -0.2) is 12.2 Å². The zero-order valence-electron chi connectivity index (χ0n) is 10.1. The molecule has 1 aromatic carbocycles. The molecule has 0 heterocycles. The van der Waals surface area contributed by atoms with Crippen molar-refractivity contribution in [2.75, 3.05) is 5.32 Å². The van der Waals surface area contributed by atoms with Crippen molar-refractivity contribution in [1.29, 1.82) is 0 Å². The van der Waals surface area contributed by atoms with Crippen molar-refractivity contribution in [3.05, 3.63) is 28.2 Å². The van der Waals surface area contributed by atoms with Crippen LogP contribution >= 0.6 is 23.2 Å². The van der Waals surface area contributed by atoms with Crippen LogP contribution in [0.25, 0.3) is 0 Å². The second-order valence-electron chi connectivity index (χ2n) is 4.89. The van der Waals surface area contributed by atoms with Gasteiger partial charge in [0.25, 0.3) is 0 Å². The predicted octanol–water partition coefficient (Wildman–Crippen LogP) is 5.53. The molecule has 0 unspecified atom stereocenters. The molecule has 0 bridgehead atoms. The fraction of sp³-hybridized carbons (Fsp3) is 0.538. The van der Waals surface area contributed by atoms with Crippen molar-refractivity contribution in [2.24, 2.45) is 5.92 Å². The van der Waals surface area contributed by atoms with Crippen molar-refractivity contribution in [1.82, 2.24) is 0 Å². The highest BCUT2D eigenvalue weighted by molar-refractivity contribution is 6.35. The lowest BCUT2D eigenvalue weighted by molar-refractivity contribution is -0.182. The second-order valence-corrected chi connectivity index (χ2v) is 5.77. The highest BCUT2D eigenvalue weighted by Gasteiger charge is 2.41. The third kappa shape index (κ3) is 4.18. The Balaban J connectivity index is 1.92. The van der Waals surface area contributed by atoms with Crippen molar-refractivity contribution >= 4 is 28.9 Å². The topological polar surface area (TPSA) is 12.0 Å². The summed E-state index contributed by atoms with van der Waals surface area (Å²) in [5.74, 6) is -1.16. The summed E-state index contributed by atoms with van der Waals surface area (Å²) in [4.78, 5) is 0. The van der Waals surface area contributed by atoms with E-state index in [9.17, 15) is 13.2 Å². The second kappa shape index (κ2) is 5.80. The van der Waals surface area contributed by atoms with Gasteiger partial charge in [0.2, 0.25) is 0 Å². The van der Waals surface area contributed by atoms with Crippen LogP contribution in [0.15, 0.2) is 18.2 Å². The first-order chi connectivity index (χ1) is 8.84. The lowest BCUT2D eigenvalue weighted by Gasteiger charge is -2.30. The molecule has 1 aromatic rings. The molecule has 0 radical (unpaired) electrons. The van der Waals surface area contributed by atoms with Crippen LogP contribution in [-0.2, 0) is 0 Å². The van der Waals surface area contributed by atoms with Crippen molar-refractivity contribution in [3.8, 4) is 0 Å². The monoisotopic (exact) mass is 311 g/mol. The van der Waals surface area contributed by atoms with E-state index < -0.39 is 12.1 Å². The van der Waals surface area contributed by atoms with Crippen LogP contribution in [0.1, 0.15) is 25.7 Å². The molecule has 1 nitrogen and oxygen atoms in total. The van der Waals surface area contributed by atoms with Gasteiger partial charge in [0.05, 0.1) is 5.92 Å². The summed E-state index contributed by atoms with van der Waals surface area (Å²) in [7, 11) is 0. The third-order valence-corrected chi connectivity index (χ3v) is 3.86. The number of benzene rings is 1. The number of hydrogen-bond donors (Lipinski definition) is 1. The maximum Gasteiger partial charge on any atom is 0.391 e. The molecular formula is C13H14Cl2F3N. The summed E-state index contributed by atoms with van der Waals surface area (Å²) in [5.41, 5.74) is 0.757. The number of anilines is 1. The molecule has 1 N–H and O–H groups in total. The van der Waals surface area contributed by atoms with Gasteiger partial charge in [-0.05, 0) is 43.9 Å². The quantitative estimate of drug-likeness (QED) is 0.757. The van der Waals surface area contributed by atoms with Crippen molar-refractivity contribution in [3.63, 3.8) is 0 Å². The zero-order valence-corrected chi connectivity index (χ0v) is 11.6. The molecule has 0 aromatic heterocycles. The average molecular weight is 312 g/mol. The first-order valence-corrected chi connectivity index (χ1v) is 6.89. The minimum atomic E-state index is -4.07. The van der Waals surface area contributed by atoms with Gasteiger partial charge in [-0.2, -0.15) is 13.2 Å². The van der Waals surface area contributed by atoms with E-state index in [1.54, 1.807) is 18.2 Å². The molecule has 0 aliphatic heterocycles. The standard InChI is InChI=1S/C13H14Cl2F3N/c14-9-5-10(15)7-12(6-9)19-11-3-1-8(2-4-11)13(16,17)18/h5-8,11,19H,1-4H2. The molecule has 2 rings (SSSR count). The van der Waals surface area contributed by atoms with Crippen LogP contribution in [0.3, 0.4) is 0 Å². The Labute approximate surface area is 120 Å². The van der Waals surface area contributed by atoms with E-state index in [4.69, 9.17) is 23.2 Å². The fourth-order valence-corrected chi connectivity index (χ4v) is 2.96. The molecule has 1 fully saturated rings. The van der Waals surface area contributed by atoms with E-state index in [1.165, 1.54) is 0 Å². The highest BCUT2D eigenvalue weighted by atomic mass is 35.5. The van der Waals surface area contributed by atoms with E-state index >= 15 is 0 Å². The van der Waals surface area contributed by atoms with E-state index in [-0.39, 0.29) is 18.9 Å². The SMILES string of the molecule is FC(F)(F)C1CCC(Nc2cc(Cl)cc(Cl)c2)CC1.